The Balaban J connectivity index is 2.68. The van der Waals surface area contributed by atoms with E-state index in [1.54, 1.807) is 14.2 Å². The van der Waals surface area contributed by atoms with Crippen LogP contribution in [-0.4, -0.2) is 47.2 Å². The molecule has 0 atom stereocenters. The number of benzene rings is 1. The van der Waals surface area contributed by atoms with Crippen LogP contribution in [-0.2, 0) is 16.0 Å². The summed E-state index contributed by atoms with van der Waals surface area (Å²) in [5.41, 5.74) is 1.37. The van der Waals surface area contributed by atoms with Gasteiger partial charge in [0, 0.05) is 38.9 Å². The molecule has 0 amide bonds. The predicted octanol–water partition coefficient (Wildman–Crippen LogP) is 2.87. The van der Waals surface area contributed by atoms with E-state index in [9.17, 15) is 0 Å². The molecule has 0 bridgehead atoms. The highest BCUT2D eigenvalue weighted by atomic mass is 16.5. The first-order valence-electron chi connectivity index (χ1n) is 8.03. The average Bonchev–Trinajstić information content (AvgIpc) is 2.48. The zero-order valence-corrected chi connectivity index (χ0v) is 15.1. The summed E-state index contributed by atoms with van der Waals surface area (Å²) in [5, 5.41) is 3.47. The van der Waals surface area contributed by atoms with Crippen molar-refractivity contribution in [2.45, 2.75) is 27.3 Å². The molecule has 0 aliphatic rings. The number of hydrogen-bond donors (Lipinski definition) is 1. The molecule has 0 saturated heterocycles. The van der Waals surface area contributed by atoms with Gasteiger partial charge in [-0.05, 0) is 11.5 Å². The Bertz CT molecular complexity index is 443. The minimum Gasteiger partial charge on any atom is -0.491 e. The molecule has 0 aliphatic carbocycles. The average molecular weight is 325 g/mol. The molecule has 0 aliphatic heterocycles. The van der Waals surface area contributed by atoms with Gasteiger partial charge in [0.15, 0.2) is 0 Å². The second-order valence-electron chi connectivity index (χ2n) is 6.62. The van der Waals surface area contributed by atoms with E-state index < -0.39 is 0 Å². The van der Waals surface area contributed by atoms with E-state index in [-0.39, 0.29) is 5.41 Å². The van der Waals surface area contributed by atoms with Crippen LogP contribution in [0.25, 0.3) is 0 Å². The number of hydrogen-bond acceptors (Lipinski definition) is 5. The van der Waals surface area contributed by atoms with Crippen molar-refractivity contribution in [3.8, 4) is 11.5 Å². The first kappa shape index (κ1) is 19.7. The standard InChI is InChI=1S/C18H31NO4/c1-18(2,3)14-19-13-15-6-7-16(22-10-8-20-4)12-17(15)23-11-9-21-5/h6-7,12,19H,8-11,13-14H2,1-5H3. The Morgan fingerprint density at radius 2 is 1.57 bits per heavy atom. The second kappa shape index (κ2) is 10.5. The summed E-state index contributed by atoms with van der Waals surface area (Å²) in [4.78, 5) is 0. The molecular formula is C18H31NO4. The quantitative estimate of drug-likeness (QED) is 0.634. The minimum absolute atomic E-state index is 0.250. The molecule has 0 radical (unpaired) electrons. The summed E-state index contributed by atoms with van der Waals surface area (Å²) in [5.74, 6) is 1.62. The van der Waals surface area contributed by atoms with Gasteiger partial charge in [0.05, 0.1) is 13.2 Å². The van der Waals surface area contributed by atoms with Gasteiger partial charge in [0.1, 0.15) is 24.7 Å². The maximum Gasteiger partial charge on any atom is 0.127 e. The highest BCUT2D eigenvalue weighted by Crippen LogP contribution is 2.25. The van der Waals surface area contributed by atoms with Crippen molar-refractivity contribution in [3.05, 3.63) is 23.8 Å². The molecule has 0 saturated carbocycles. The molecule has 1 aromatic rings. The van der Waals surface area contributed by atoms with E-state index in [2.05, 4.69) is 26.1 Å². The van der Waals surface area contributed by atoms with Crippen molar-refractivity contribution in [1.29, 1.82) is 0 Å². The summed E-state index contributed by atoms with van der Waals surface area (Å²) < 4.78 is 21.5. The number of methoxy groups -OCH3 is 2. The van der Waals surface area contributed by atoms with Gasteiger partial charge >= 0.3 is 0 Å². The molecule has 1 rings (SSSR count). The first-order chi connectivity index (χ1) is 11.0. The van der Waals surface area contributed by atoms with Crippen molar-refractivity contribution in [2.75, 3.05) is 47.2 Å². The zero-order valence-electron chi connectivity index (χ0n) is 15.1. The topological polar surface area (TPSA) is 49.0 Å². The molecule has 1 aromatic carbocycles. The fourth-order valence-electron chi connectivity index (χ4n) is 1.96. The molecule has 0 fully saturated rings. The van der Waals surface area contributed by atoms with Gasteiger partial charge in [0.2, 0.25) is 0 Å². The van der Waals surface area contributed by atoms with E-state index in [0.29, 0.717) is 26.4 Å². The van der Waals surface area contributed by atoms with E-state index >= 15 is 0 Å². The van der Waals surface area contributed by atoms with Crippen LogP contribution in [0.4, 0.5) is 0 Å². The lowest BCUT2D eigenvalue weighted by molar-refractivity contribution is 0.142. The van der Waals surface area contributed by atoms with Gasteiger partial charge in [-0.25, -0.2) is 0 Å². The largest absolute Gasteiger partial charge is 0.491 e. The molecule has 0 heterocycles. The maximum atomic E-state index is 5.83. The Morgan fingerprint density at radius 3 is 2.17 bits per heavy atom. The molecule has 5 heteroatoms. The van der Waals surface area contributed by atoms with Gasteiger partial charge in [0.25, 0.3) is 0 Å². The number of rotatable bonds is 11. The minimum atomic E-state index is 0.250. The maximum absolute atomic E-state index is 5.83. The molecule has 132 valence electrons. The smallest absolute Gasteiger partial charge is 0.127 e. The third kappa shape index (κ3) is 8.79. The Morgan fingerprint density at radius 1 is 0.913 bits per heavy atom. The molecule has 1 N–H and O–H groups in total. The van der Waals surface area contributed by atoms with Crippen LogP contribution in [0.3, 0.4) is 0 Å². The SMILES string of the molecule is COCCOc1ccc(CNCC(C)(C)C)c(OCCOC)c1. The van der Waals surface area contributed by atoms with Crippen LogP contribution in [0, 0.1) is 5.41 Å². The van der Waals surface area contributed by atoms with Crippen molar-refractivity contribution in [3.63, 3.8) is 0 Å². The molecule has 0 unspecified atom stereocenters. The van der Waals surface area contributed by atoms with E-state index in [0.717, 1.165) is 30.2 Å². The highest BCUT2D eigenvalue weighted by molar-refractivity contribution is 5.40. The number of ether oxygens (including phenoxy) is 4. The van der Waals surface area contributed by atoms with E-state index in [1.165, 1.54) is 0 Å². The Labute approximate surface area is 140 Å². The molecular weight excluding hydrogens is 294 g/mol. The Kier molecular flexibility index (Phi) is 8.99. The second-order valence-corrected chi connectivity index (χ2v) is 6.62. The molecule has 0 aromatic heterocycles. The lowest BCUT2D eigenvalue weighted by atomic mass is 9.97. The fraction of sp³-hybridized carbons (Fsp3) is 0.667. The van der Waals surface area contributed by atoms with Gasteiger partial charge in [-0.1, -0.05) is 26.8 Å². The first-order valence-corrected chi connectivity index (χ1v) is 8.03. The van der Waals surface area contributed by atoms with Crippen LogP contribution in [0.2, 0.25) is 0 Å². The summed E-state index contributed by atoms with van der Waals surface area (Å²) in [6.45, 7) is 10.5. The monoisotopic (exact) mass is 325 g/mol. The van der Waals surface area contributed by atoms with Crippen LogP contribution < -0.4 is 14.8 Å². The lowest BCUT2D eigenvalue weighted by Gasteiger charge is -2.20. The van der Waals surface area contributed by atoms with Gasteiger partial charge in [-0.2, -0.15) is 0 Å². The van der Waals surface area contributed by atoms with Gasteiger partial charge in [-0.3, -0.25) is 0 Å². The lowest BCUT2D eigenvalue weighted by Crippen LogP contribution is -2.26. The fourth-order valence-corrected chi connectivity index (χ4v) is 1.96. The van der Waals surface area contributed by atoms with Gasteiger partial charge < -0.3 is 24.3 Å². The van der Waals surface area contributed by atoms with Crippen molar-refractivity contribution in [2.24, 2.45) is 5.41 Å². The molecule has 0 spiro atoms. The third-order valence-corrected chi connectivity index (χ3v) is 3.11. The normalized spacial score (nSPS) is 11.5. The Hall–Kier alpha value is -1.30. The van der Waals surface area contributed by atoms with Crippen LogP contribution in [0.1, 0.15) is 26.3 Å². The molecule has 5 nitrogen and oxygen atoms in total. The van der Waals surface area contributed by atoms with E-state index in [4.69, 9.17) is 18.9 Å². The number of nitrogens with one attached hydrogen (secondary N) is 1. The van der Waals surface area contributed by atoms with Gasteiger partial charge in [-0.15, -0.1) is 0 Å². The summed E-state index contributed by atoms with van der Waals surface area (Å²) in [7, 11) is 3.33. The predicted molar refractivity (Wildman–Crippen MR) is 92.3 cm³/mol. The highest BCUT2D eigenvalue weighted by Gasteiger charge is 2.11. The van der Waals surface area contributed by atoms with Crippen LogP contribution >= 0.6 is 0 Å². The van der Waals surface area contributed by atoms with Crippen molar-refractivity contribution in [1.82, 2.24) is 5.32 Å². The van der Waals surface area contributed by atoms with Crippen molar-refractivity contribution >= 4 is 0 Å². The van der Waals surface area contributed by atoms with Crippen LogP contribution in [0.5, 0.6) is 11.5 Å². The van der Waals surface area contributed by atoms with Crippen LogP contribution in [0.15, 0.2) is 18.2 Å². The summed E-state index contributed by atoms with van der Waals surface area (Å²) in [6.07, 6.45) is 0. The zero-order chi connectivity index (χ0) is 17.1. The summed E-state index contributed by atoms with van der Waals surface area (Å²) in [6, 6.07) is 5.94. The van der Waals surface area contributed by atoms with E-state index in [1.807, 2.05) is 18.2 Å². The molecule has 23 heavy (non-hydrogen) atoms. The van der Waals surface area contributed by atoms with Crippen molar-refractivity contribution < 1.29 is 18.9 Å². The third-order valence-electron chi connectivity index (χ3n) is 3.11. The summed E-state index contributed by atoms with van der Waals surface area (Å²) >= 11 is 0.